The Labute approximate surface area is 134 Å². The Kier molecular flexibility index (Phi) is 5.70. The van der Waals surface area contributed by atoms with Gasteiger partial charge in [0.2, 0.25) is 11.8 Å². The van der Waals surface area contributed by atoms with Crippen molar-refractivity contribution in [2.24, 2.45) is 0 Å². The molecular weight excluding hydrogens is 301 g/mol. The highest BCUT2D eigenvalue weighted by atomic mass is 19.1. The molecule has 1 heterocycles. The van der Waals surface area contributed by atoms with E-state index in [0.717, 1.165) is 0 Å². The van der Waals surface area contributed by atoms with Gasteiger partial charge < -0.3 is 9.26 Å². The zero-order valence-corrected chi connectivity index (χ0v) is 13.4. The van der Waals surface area contributed by atoms with Crippen molar-refractivity contribution in [2.75, 3.05) is 25.5 Å². The minimum atomic E-state index is -0.364. The number of hydrogen-bond donors (Lipinski definition) is 1. The van der Waals surface area contributed by atoms with Gasteiger partial charge in [0.05, 0.1) is 11.7 Å². The van der Waals surface area contributed by atoms with Crippen LogP contribution in [0.4, 0.5) is 10.3 Å². The van der Waals surface area contributed by atoms with Crippen LogP contribution in [0.3, 0.4) is 0 Å². The quantitative estimate of drug-likeness (QED) is 0.848. The van der Waals surface area contributed by atoms with Crippen molar-refractivity contribution in [3.8, 4) is 5.75 Å². The van der Waals surface area contributed by atoms with Crippen molar-refractivity contribution < 1.29 is 18.4 Å². The van der Waals surface area contributed by atoms with Gasteiger partial charge in [-0.05, 0) is 45.2 Å². The summed E-state index contributed by atoms with van der Waals surface area (Å²) in [7, 11) is 1.82. The van der Waals surface area contributed by atoms with Crippen LogP contribution in [0.25, 0.3) is 0 Å². The fourth-order valence-electron chi connectivity index (χ4n) is 1.88. The summed E-state index contributed by atoms with van der Waals surface area (Å²) in [6.45, 7) is 4.50. The molecule has 0 saturated heterocycles. The summed E-state index contributed by atoms with van der Waals surface area (Å²) in [5, 5.41) is 6.38. The van der Waals surface area contributed by atoms with E-state index in [2.05, 4.69) is 10.5 Å². The van der Waals surface area contributed by atoms with E-state index in [0.29, 0.717) is 30.5 Å². The van der Waals surface area contributed by atoms with E-state index in [1.165, 1.54) is 12.1 Å². The van der Waals surface area contributed by atoms with Crippen molar-refractivity contribution in [1.82, 2.24) is 10.1 Å². The SMILES string of the molecule is Cc1cc(NC(=O)C(C)N(C)CCOc2ccc(F)cc2)on1. The van der Waals surface area contributed by atoms with Gasteiger partial charge in [0.15, 0.2) is 0 Å². The fourth-order valence-corrected chi connectivity index (χ4v) is 1.88. The molecule has 2 rings (SSSR count). The fraction of sp³-hybridized carbons (Fsp3) is 0.375. The Morgan fingerprint density at radius 3 is 2.74 bits per heavy atom. The molecule has 0 aliphatic rings. The van der Waals surface area contributed by atoms with Gasteiger partial charge in [-0.25, -0.2) is 4.39 Å². The van der Waals surface area contributed by atoms with Crippen LogP contribution in [0.15, 0.2) is 34.9 Å². The van der Waals surface area contributed by atoms with E-state index in [-0.39, 0.29) is 17.8 Å². The topological polar surface area (TPSA) is 67.6 Å². The number of amides is 1. The summed E-state index contributed by atoms with van der Waals surface area (Å²) in [5.74, 6) is 0.428. The highest BCUT2D eigenvalue weighted by Gasteiger charge is 2.19. The van der Waals surface area contributed by atoms with Crippen molar-refractivity contribution in [2.45, 2.75) is 19.9 Å². The third kappa shape index (κ3) is 5.07. The smallest absolute Gasteiger partial charge is 0.243 e. The molecule has 0 aliphatic carbocycles. The Bertz CT molecular complexity index is 642. The average molecular weight is 321 g/mol. The average Bonchev–Trinajstić information content (AvgIpc) is 2.93. The molecule has 0 radical (unpaired) electrons. The molecule has 1 amide bonds. The first-order valence-electron chi connectivity index (χ1n) is 7.28. The number of aromatic nitrogens is 1. The van der Waals surface area contributed by atoms with Gasteiger partial charge in [0.1, 0.15) is 18.2 Å². The highest BCUT2D eigenvalue weighted by molar-refractivity contribution is 5.93. The second-order valence-corrected chi connectivity index (χ2v) is 5.28. The van der Waals surface area contributed by atoms with Gasteiger partial charge in [0.25, 0.3) is 0 Å². The molecule has 0 aliphatic heterocycles. The van der Waals surface area contributed by atoms with E-state index in [1.54, 1.807) is 32.0 Å². The van der Waals surface area contributed by atoms with Crippen LogP contribution < -0.4 is 10.1 Å². The Morgan fingerprint density at radius 1 is 1.43 bits per heavy atom. The number of aryl methyl sites for hydroxylation is 1. The van der Waals surface area contributed by atoms with Gasteiger partial charge in [0, 0.05) is 12.6 Å². The number of anilines is 1. The summed E-state index contributed by atoms with van der Waals surface area (Å²) in [4.78, 5) is 14.0. The molecule has 1 atom stereocenters. The van der Waals surface area contributed by atoms with Crippen LogP contribution in [0.5, 0.6) is 5.75 Å². The van der Waals surface area contributed by atoms with Crippen molar-refractivity contribution in [3.63, 3.8) is 0 Å². The lowest BCUT2D eigenvalue weighted by molar-refractivity contribution is -0.120. The third-order valence-corrected chi connectivity index (χ3v) is 3.44. The molecule has 6 nitrogen and oxygen atoms in total. The number of nitrogens with zero attached hydrogens (tertiary/aromatic N) is 2. The minimum absolute atomic E-state index is 0.189. The number of likely N-dealkylation sites (N-methyl/N-ethyl adjacent to an activating group) is 1. The number of halogens is 1. The van der Waals surface area contributed by atoms with Crippen LogP contribution in [-0.4, -0.2) is 42.2 Å². The number of hydrogen-bond acceptors (Lipinski definition) is 5. The minimum Gasteiger partial charge on any atom is -0.492 e. The van der Waals surface area contributed by atoms with Crippen molar-refractivity contribution >= 4 is 11.8 Å². The summed E-state index contributed by atoms with van der Waals surface area (Å²) in [5.41, 5.74) is 0.703. The van der Waals surface area contributed by atoms with E-state index in [9.17, 15) is 9.18 Å². The second-order valence-electron chi connectivity index (χ2n) is 5.28. The van der Waals surface area contributed by atoms with E-state index < -0.39 is 0 Å². The Balaban J connectivity index is 1.76. The Morgan fingerprint density at radius 2 is 2.13 bits per heavy atom. The van der Waals surface area contributed by atoms with Crippen LogP contribution in [0, 0.1) is 12.7 Å². The second kappa shape index (κ2) is 7.73. The molecule has 1 aromatic carbocycles. The molecule has 0 saturated carbocycles. The molecule has 0 spiro atoms. The van der Waals surface area contributed by atoms with Crippen LogP contribution in [0.1, 0.15) is 12.6 Å². The molecule has 0 fully saturated rings. The van der Waals surface area contributed by atoms with Gasteiger partial charge in [-0.15, -0.1) is 0 Å². The lowest BCUT2D eigenvalue weighted by atomic mass is 10.2. The van der Waals surface area contributed by atoms with Crippen molar-refractivity contribution in [1.29, 1.82) is 0 Å². The maximum atomic E-state index is 12.8. The summed E-state index contributed by atoms with van der Waals surface area (Å²) in [6.07, 6.45) is 0. The molecular formula is C16H20FN3O3. The molecule has 1 unspecified atom stereocenters. The highest BCUT2D eigenvalue weighted by Crippen LogP contribution is 2.12. The number of carbonyl (C=O) groups excluding carboxylic acids is 1. The lowest BCUT2D eigenvalue weighted by Crippen LogP contribution is -2.41. The number of benzene rings is 1. The molecule has 124 valence electrons. The summed E-state index contributed by atoms with van der Waals surface area (Å²) in [6, 6.07) is 7.11. The van der Waals surface area contributed by atoms with E-state index in [4.69, 9.17) is 9.26 Å². The zero-order chi connectivity index (χ0) is 16.8. The number of ether oxygens (including phenoxy) is 1. The number of rotatable bonds is 7. The normalized spacial score (nSPS) is 12.2. The molecule has 0 bridgehead atoms. The number of nitrogens with one attached hydrogen (secondary N) is 1. The van der Waals surface area contributed by atoms with Gasteiger partial charge in [-0.1, -0.05) is 5.16 Å². The van der Waals surface area contributed by atoms with Crippen LogP contribution >= 0.6 is 0 Å². The lowest BCUT2D eigenvalue weighted by Gasteiger charge is -2.23. The number of carbonyl (C=O) groups is 1. The van der Waals surface area contributed by atoms with E-state index in [1.807, 2.05) is 11.9 Å². The predicted molar refractivity (Wildman–Crippen MR) is 83.9 cm³/mol. The largest absolute Gasteiger partial charge is 0.492 e. The monoisotopic (exact) mass is 321 g/mol. The Hall–Kier alpha value is -2.41. The summed E-state index contributed by atoms with van der Waals surface area (Å²) < 4.78 is 23.3. The van der Waals surface area contributed by atoms with Gasteiger partial charge in [-0.3, -0.25) is 15.0 Å². The summed E-state index contributed by atoms with van der Waals surface area (Å²) >= 11 is 0. The maximum absolute atomic E-state index is 12.8. The first-order chi connectivity index (χ1) is 11.0. The first-order valence-corrected chi connectivity index (χ1v) is 7.28. The first kappa shape index (κ1) is 17.0. The van der Waals surface area contributed by atoms with Crippen LogP contribution in [-0.2, 0) is 4.79 Å². The van der Waals surface area contributed by atoms with Gasteiger partial charge in [-0.2, -0.15) is 0 Å². The molecule has 1 aromatic heterocycles. The molecule has 23 heavy (non-hydrogen) atoms. The molecule has 2 aromatic rings. The maximum Gasteiger partial charge on any atom is 0.243 e. The predicted octanol–water partition coefficient (Wildman–Crippen LogP) is 2.46. The van der Waals surface area contributed by atoms with Gasteiger partial charge >= 0.3 is 0 Å². The van der Waals surface area contributed by atoms with Crippen molar-refractivity contribution in [3.05, 3.63) is 41.8 Å². The molecule has 7 heteroatoms. The van der Waals surface area contributed by atoms with E-state index >= 15 is 0 Å². The molecule has 1 N–H and O–H groups in total. The standard InChI is InChI=1S/C16H20FN3O3/c1-11-10-15(23-19-11)18-16(21)12(2)20(3)8-9-22-14-6-4-13(17)5-7-14/h4-7,10,12H,8-9H2,1-3H3,(H,18,21). The third-order valence-electron chi connectivity index (χ3n) is 3.44. The van der Waals surface area contributed by atoms with Crippen LogP contribution in [0.2, 0.25) is 0 Å². The zero-order valence-electron chi connectivity index (χ0n) is 13.4.